The molecule has 3 aliphatic rings. The topological polar surface area (TPSA) is 102 Å². The van der Waals surface area contributed by atoms with E-state index in [0.29, 0.717) is 42.4 Å². The second-order valence-corrected chi connectivity index (χ2v) is 12.2. The molecular weight excluding hydrogens is 508 g/mol. The third-order valence-electron chi connectivity index (χ3n) is 7.85. The first-order valence-electron chi connectivity index (χ1n) is 14.5. The van der Waals surface area contributed by atoms with E-state index in [2.05, 4.69) is 9.97 Å². The van der Waals surface area contributed by atoms with Crippen LogP contribution in [0.1, 0.15) is 86.4 Å². The van der Waals surface area contributed by atoms with Crippen molar-refractivity contribution in [2.45, 2.75) is 83.4 Å². The first-order chi connectivity index (χ1) is 19.2. The van der Waals surface area contributed by atoms with E-state index in [-0.39, 0.29) is 29.9 Å². The van der Waals surface area contributed by atoms with Crippen molar-refractivity contribution in [2.24, 2.45) is 5.92 Å². The number of amides is 2. The maximum absolute atomic E-state index is 13.5. The minimum absolute atomic E-state index is 0.0571. The van der Waals surface area contributed by atoms with Crippen molar-refractivity contribution < 1.29 is 23.9 Å². The molecule has 2 saturated heterocycles. The van der Waals surface area contributed by atoms with E-state index in [0.717, 1.165) is 57.3 Å². The van der Waals surface area contributed by atoms with Crippen LogP contribution in [0.5, 0.6) is 0 Å². The van der Waals surface area contributed by atoms with E-state index < -0.39 is 5.60 Å². The molecule has 9 heteroatoms. The fourth-order valence-electron chi connectivity index (χ4n) is 5.47. The highest BCUT2D eigenvalue weighted by molar-refractivity contribution is 5.96. The molecule has 1 saturated carbocycles. The Kier molecular flexibility index (Phi) is 8.49. The lowest BCUT2D eigenvalue weighted by Gasteiger charge is -2.39. The maximum Gasteiger partial charge on any atom is 0.410 e. The maximum atomic E-state index is 13.5. The number of Topliss-reactive ketones (excluding diaryl/α,β-unsaturated/α-hetero) is 1. The van der Waals surface area contributed by atoms with Crippen molar-refractivity contribution in [3.8, 4) is 11.4 Å². The molecule has 9 nitrogen and oxygen atoms in total. The number of ether oxygens (including phenoxy) is 2. The number of benzene rings is 1. The zero-order chi connectivity index (χ0) is 28.3. The summed E-state index contributed by atoms with van der Waals surface area (Å²) in [5.74, 6) is 1.08. The highest BCUT2D eigenvalue weighted by atomic mass is 16.6. The molecular formula is C31H40N4O5. The molecule has 5 rings (SSSR count). The zero-order valence-electron chi connectivity index (χ0n) is 23.8. The largest absolute Gasteiger partial charge is 0.444 e. The van der Waals surface area contributed by atoms with Crippen LogP contribution in [0.2, 0.25) is 0 Å². The molecule has 3 heterocycles. The minimum atomic E-state index is -0.527. The molecule has 0 bridgehead atoms. The molecule has 3 fully saturated rings. The Morgan fingerprint density at radius 2 is 1.60 bits per heavy atom. The van der Waals surface area contributed by atoms with Crippen LogP contribution in [0.3, 0.4) is 0 Å². The average Bonchev–Trinajstić information content (AvgIpc) is 3.64. The van der Waals surface area contributed by atoms with Gasteiger partial charge in [0.05, 0.1) is 5.56 Å². The molecule has 40 heavy (non-hydrogen) atoms. The first-order valence-corrected chi connectivity index (χ1v) is 14.5. The summed E-state index contributed by atoms with van der Waals surface area (Å²) in [4.78, 5) is 51.3. The van der Waals surface area contributed by atoms with Crippen LogP contribution >= 0.6 is 0 Å². The molecule has 1 unspecified atom stereocenters. The van der Waals surface area contributed by atoms with Crippen molar-refractivity contribution in [1.29, 1.82) is 0 Å². The number of hydrogen-bond acceptors (Lipinski definition) is 7. The van der Waals surface area contributed by atoms with E-state index in [1.165, 1.54) is 0 Å². The number of aromatic nitrogens is 2. The lowest BCUT2D eigenvalue weighted by atomic mass is 9.97. The van der Waals surface area contributed by atoms with Gasteiger partial charge in [-0.25, -0.2) is 14.8 Å². The molecule has 2 aromatic rings. The Bertz CT molecular complexity index is 1190. The van der Waals surface area contributed by atoms with Crippen molar-refractivity contribution in [1.82, 2.24) is 19.8 Å². The molecule has 1 aromatic heterocycles. The predicted molar refractivity (Wildman–Crippen MR) is 150 cm³/mol. The van der Waals surface area contributed by atoms with Gasteiger partial charge < -0.3 is 19.3 Å². The van der Waals surface area contributed by atoms with Crippen LogP contribution in [0.15, 0.2) is 36.7 Å². The van der Waals surface area contributed by atoms with Gasteiger partial charge >= 0.3 is 6.09 Å². The highest BCUT2D eigenvalue weighted by Crippen LogP contribution is 2.33. The standard InChI is InChI=1S/C31H40N4O5/c1-31(2,3)40-30(38)34-15-12-26(13-16-34)35(25-9-10-25)29(37)24-18-32-28(33-19-24)23-7-5-22(6-8-23)27(36)11-4-21-14-17-39-20-21/h5-8,18-19,21,25-26H,4,9-17,20H2,1-3H3. The summed E-state index contributed by atoms with van der Waals surface area (Å²) in [5.41, 5.74) is 1.42. The van der Waals surface area contributed by atoms with Gasteiger partial charge in [-0.05, 0) is 65.2 Å². The fourth-order valence-corrected chi connectivity index (χ4v) is 5.47. The Morgan fingerprint density at radius 3 is 2.17 bits per heavy atom. The van der Waals surface area contributed by atoms with Crippen LogP contribution in [-0.4, -0.2) is 81.5 Å². The molecule has 1 atom stereocenters. The van der Waals surface area contributed by atoms with Gasteiger partial charge in [0.15, 0.2) is 11.6 Å². The summed E-state index contributed by atoms with van der Waals surface area (Å²) >= 11 is 0. The number of carbonyl (C=O) groups excluding carboxylic acids is 3. The summed E-state index contributed by atoms with van der Waals surface area (Å²) in [6, 6.07) is 7.67. The van der Waals surface area contributed by atoms with Gasteiger partial charge in [-0.15, -0.1) is 0 Å². The van der Waals surface area contributed by atoms with Gasteiger partial charge in [0, 0.05) is 68.3 Å². The normalized spacial score (nSPS) is 19.9. The minimum Gasteiger partial charge on any atom is -0.444 e. The number of piperidine rings is 1. The second-order valence-electron chi connectivity index (χ2n) is 12.2. The highest BCUT2D eigenvalue weighted by Gasteiger charge is 2.40. The summed E-state index contributed by atoms with van der Waals surface area (Å²) in [6.07, 6.45) is 8.76. The SMILES string of the molecule is CC(C)(C)OC(=O)N1CCC(N(C(=O)c2cnc(-c3ccc(C(=O)CCC4CCOC4)cc3)nc2)C2CC2)CC1. The molecule has 0 N–H and O–H groups in total. The molecule has 1 aliphatic carbocycles. The quantitative estimate of drug-likeness (QED) is 0.421. The van der Waals surface area contributed by atoms with E-state index >= 15 is 0 Å². The van der Waals surface area contributed by atoms with Crippen LogP contribution in [-0.2, 0) is 9.47 Å². The van der Waals surface area contributed by atoms with Crippen molar-refractivity contribution in [3.05, 3.63) is 47.8 Å². The third-order valence-corrected chi connectivity index (χ3v) is 7.85. The summed E-state index contributed by atoms with van der Waals surface area (Å²) < 4.78 is 10.9. The van der Waals surface area contributed by atoms with E-state index in [4.69, 9.17) is 9.47 Å². The van der Waals surface area contributed by atoms with Crippen molar-refractivity contribution in [3.63, 3.8) is 0 Å². The Balaban J connectivity index is 1.18. The van der Waals surface area contributed by atoms with Gasteiger partial charge in [0.25, 0.3) is 5.91 Å². The first kappa shape index (κ1) is 28.2. The number of carbonyl (C=O) groups is 3. The number of hydrogen-bond donors (Lipinski definition) is 0. The van der Waals surface area contributed by atoms with Crippen molar-refractivity contribution >= 4 is 17.8 Å². The molecule has 214 valence electrons. The van der Waals surface area contributed by atoms with Crippen molar-refractivity contribution in [2.75, 3.05) is 26.3 Å². The Hall–Kier alpha value is -3.33. The van der Waals surface area contributed by atoms with Gasteiger partial charge in [0.2, 0.25) is 0 Å². The molecule has 1 aromatic carbocycles. The number of likely N-dealkylation sites (tertiary alicyclic amines) is 1. The third kappa shape index (κ3) is 7.05. The number of ketones is 1. The zero-order valence-corrected chi connectivity index (χ0v) is 23.8. The predicted octanol–water partition coefficient (Wildman–Crippen LogP) is 5.15. The molecule has 2 amide bonds. The van der Waals surface area contributed by atoms with Gasteiger partial charge in [-0.1, -0.05) is 24.3 Å². The van der Waals surface area contributed by atoms with E-state index in [9.17, 15) is 14.4 Å². The van der Waals surface area contributed by atoms with Crippen LogP contribution in [0, 0.1) is 5.92 Å². The average molecular weight is 549 g/mol. The van der Waals surface area contributed by atoms with Gasteiger partial charge in [-0.2, -0.15) is 0 Å². The van der Waals surface area contributed by atoms with Crippen LogP contribution < -0.4 is 0 Å². The molecule has 0 spiro atoms. The lowest BCUT2D eigenvalue weighted by molar-refractivity contribution is 0.0142. The van der Waals surface area contributed by atoms with Gasteiger partial charge in [0.1, 0.15) is 5.60 Å². The second kappa shape index (κ2) is 12.0. The molecule has 0 radical (unpaired) electrons. The lowest BCUT2D eigenvalue weighted by Crippen LogP contribution is -2.50. The Morgan fingerprint density at radius 1 is 0.950 bits per heavy atom. The van der Waals surface area contributed by atoms with E-state index in [1.54, 1.807) is 17.3 Å². The molecule has 2 aliphatic heterocycles. The summed E-state index contributed by atoms with van der Waals surface area (Å²) in [6.45, 7) is 8.29. The van der Waals surface area contributed by atoms with E-state index in [1.807, 2.05) is 49.9 Å². The monoisotopic (exact) mass is 548 g/mol. The smallest absolute Gasteiger partial charge is 0.410 e. The van der Waals surface area contributed by atoms with Crippen LogP contribution in [0.4, 0.5) is 4.79 Å². The van der Waals surface area contributed by atoms with Crippen LogP contribution in [0.25, 0.3) is 11.4 Å². The summed E-state index contributed by atoms with van der Waals surface area (Å²) in [5, 5.41) is 0. The summed E-state index contributed by atoms with van der Waals surface area (Å²) in [7, 11) is 0. The number of nitrogens with zero attached hydrogens (tertiary/aromatic N) is 4. The number of rotatable bonds is 8. The van der Waals surface area contributed by atoms with Gasteiger partial charge in [-0.3, -0.25) is 9.59 Å². The Labute approximate surface area is 236 Å². The fraction of sp³-hybridized carbons (Fsp3) is 0.581.